The number of nitrogens with one attached hydrogen (secondary N) is 1. The first-order chi connectivity index (χ1) is 12.2. The molecule has 0 radical (unpaired) electrons. The molecule has 1 atom stereocenters. The summed E-state index contributed by atoms with van der Waals surface area (Å²) in [7, 11) is 0. The molecule has 0 bridgehead atoms. The number of piperidine rings is 1. The van der Waals surface area contributed by atoms with E-state index in [4.69, 9.17) is 11.6 Å². The van der Waals surface area contributed by atoms with E-state index in [1.54, 1.807) is 12.4 Å². The number of amides is 2. The molecular formula is C19H21ClN4O. The van der Waals surface area contributed by atoms with Crippen molar-refractivity contribution in [3.63, 3.8) is 0 Å². The first-order valence-electron chi connectivity index (χ1n) is 8.70. The van der Waals surface area contributed by atoms with Crippen LogP contribution in [0.2, 0.25) is 5.02 Å². The number of carbonyl (C=O) groups excluding carboxylic acids is 1. The van der Waals surface area contributed by atoms with Gasteiger partial charge in [0.05, 0.1) is 24.5 Å². The highest BCUT2D eigenvalue weighted by atomic mass is 35.5. The summed E-state index contributed by atoms with van der Waals surface area (Å²) in [6, 6.07) is 12.0. The van der Waals surface area contributed by atoms with Crippen LogP contribution in [0.25, 0.3) is 0 Å². The third kappa shape index (κ3) is 3.22. The van der Waals surface area contributed by atoms with Crippen LogP contribution in [0.3, 0.4) is 0 Å². The number of rotatable bonds is 3. The topological polar surface area (TPSA) is 48.5 Å². The highest BCUT2D eigenvalue weighted by Gasteiger charge is 2.42. The number of halogens is 1. The third-order valence-corrected chi connectivity index (χ3v) is 5.27. The van der Waals surface area contributed by atoms with Crippen LogP contribution in [0.5, 0.6) is 0 Å². The summed E-state index contributed by atoms with van der Waals surface area (Å²) < 4.78 is 0. The van der Waals surface area contributed by atoms with Crippen LogP contribution >= 0.6 is 11.6 Å². The molecule has 130 valence electrons. The maximum atomic E-state index is 13.2. The van der Waals surface area contributed by atoms with Crippen molar-refractivity contribution < 1.29 is 4.79 Å². The summed E-state index contributed by atoms with van der Waals surface area (Å²) in [6.45, 7) is 2.52. The Labute approximate surface area is 152 Å². The molecule has 5 nitrogen and oxygen atoms in total. The lowest BCUT2D eigenvalue weighted by Gasteiger charge is -2.35. The smallest absolute Gasteiger partial charge is 0.317 e. The van der Waals surface area contributed by atoms with Crippen LogP contribution in [0, 0.1) is 0 Å². The van der Waals surface area contributed by atoms with Crippen molar-refractivity contribution in [1.29, 1.82) is 0 Å². The average Bonchev–Trinajstić information content (AvgIpc) is 3.00. The number of urea groups is 1. The van der Waals surface area contributed by atoms with Crippen LogP contribution in [-0.4, -0.2) is 41.6 Å². The van der Waals surface area contributed by atoms with Crippen LogP contribution in [0.1, 0.15) is 24.4 Å². The van der Waals surface area contributed by atoms with E-state index in [2.05, 4.69) is 21.3 Å². The lowest BCUT2D eigenvalue weighted by Crippen LogP contribution is -2.46. The Balaban J connectivity index is 1.70. The van der Waals surface area contributed by atoms with E-state index in [0.29, 0.717) is 11.6 Å². The van der Waals surface area contributed by atoms with Gasteiger partial charge in [0.2, 0.25) is 0 Å². The number of benzene rings is 1. The van der Waals surface area contributed by atoms with E-state index in [-0.39, 0.29) is 18.1 Å². The van der Waals surface area contributed by atoms with E-state index in [1.807, 2.05) is 35.2 Å². The number of nitrogens with zero attached hydrogens (tertiary/aromatic N) is 3. The SMILES string of the molecule is O=C1N(c2cccnc2)CC(c2cccc(Cl)c2)N1C1CCNCC1. The fraction of sp³-hybridized carbons (Fsp3) is 0.368. The molecule has 2 saturated heterocycles. The summed E-state index contributed by atoms with van der Waals surface area (Å²) in [5.41, 5.74) is 1.93. The molecule has 4 rings (SSSR count). The fourth-order valence-corrected chi connectivity index (χ4v) is 4.02. The Bertz CT molecular complexity index is 748. The molecule has 0 saturated carbocycles. The Morgan fingerprint density at radius 1 is 1.16 bits per heavy atom. The monoisotopic (exact) mass is 356 g/mol. The maximum absolute atomic E-state index is 13.2. The van der Waals surface area contributed by atoms with Gasteiger partial charge in [0.1, 0.15) is 0 Å². The van der Waals surface area contributed by atoms with Crippen molar-refractivity contribution in [2.45, 2.75) is 24.9 Å². The van der Waals surface area contributed by atoms with Gasteiger partial charge >= 0.3 is 6.03 Å². The predicted octanol–water partition coefficient (Wildman–Crippen LogP) is 3.47. The van der Waals surface area contributed by atoms with E-state index in [0.717, 1.165) is 37.2 Å². The molecule has 2 fully saturated rings. The Morgan fingerprint density at radius 3 is 2.72 bits per heavy atom. The van der Waals surface area contributed by atoms with Crippen molar-refractivity contribution in [3.05, 3.63) is 59.4 Å². The van der Waals surface area contributed by atoms with Crippen LogP contribution in [-0.2, 0) is 0 Å². The minimum Gasteiger partial charge on any atom is -0.317 e. The second kappa shape index (κ2) is 7.02. The van der Waals surface area contributed by atoms with Gasteiger partial charge in [-0.2, -0.15) is 0 Å². The van der Waals surface area contributed by atoms with Crippen LogP contribution < -0.4 is 10.2 Å². The minimum absolute atomic E-state index is 0.00880. The van der Waals surface area contributed by atoms with E-state index < -0.39 is 0 Å². The summed E-state index contributed by atoms with van der Waals surface area (Å²) in [6.07, 6.45) is 5.43. The molecule has 1 aromatic carbocycles. The third-order valence-electron chi connectivity index (χ3n) is 5.04. The summed E-state index contributed by atoms with van der Waals surface area (Å²) in [4.78, 5) is 21.3. The Morgan fingerprint density at radius 2 is 2.00 bits per heavy atom. The highest BCUT2D eigenvalue weighted by molar-refractivity contribution is 6.30. The van der Waals surface area contributed by atoms with Gasteiger partial charge in [0.15, 0.2) is 0 Å². The quantitative estimate of drug-likeness (QED) is 0.916. The summed E-state index contributed by atoms with van der Waals surface area (Å²) >= 11 is 6.21. The average molecular weight is 357 g/mol. The van der Waals surface area contributed by atoms with E-state index in [9.17, 15) is 4.79 Å². The van der Waals surface area contributed by atoms with Gasteiger partial charge in [0, 0.05) is 17.3 Å². The molecule has 6 heteroatoms. The van der Waals surface area contributed by atoms with E-state index >= 15 is 0 Å². The molecular weight excluding hydrogens is 336 g/mol. The van der Waals surface area contributed by atoms with Crippen molar-refractivity contribution in [2.75, 3.05) is 24.5 Å². The van der Waals surface area contributed by atoms with Crippen molar-refractivity contribution in [2.24, 2.45) is 0 Å². The summed E-state index contributed by atoms with van der Waals surface area (Å²) in [5, 5.41) is 4.08. The number of anilines is 1. The summed E-state index contributed by atoms with van der Waals surface area (Å²) in [5.74, 6) is 0. The number of pyridine rings is 1. The second-order valence-electron chi connectivity index (χ2n) is 6.56. The van der Waals surface area contributed by atoms with Gasteiger partial charge in [-0.25, -0.2) is 4.79 Å². The highest BCUT2D eigenvalue weighted by Crippen LogP contribution is 2.36. The molecule has 25 heavy (non-hydrogen) atoms. The zero-order valence-electron chi connectivity index (χ0n) is 13.9. The second-order valence-corrected chi connectivity index (χ2v) is 7.00. The van der Waals surface area contributed by atoms with Crippen LogP contribution in [0.15, 0.2) is 48.8 Å². The van der Waals surface area contributed by atoms with Gasteiger partial charge in [-0.15, -0.1) is 0 Å². The van der Waals surface area contributed by atoms with Gasteiger partial charge in [-0.05, 0) is 55.8 Å². The molecule has 1 unspecified atom stereocenters. The van der Waals surface area contributed by atoms with Crippen molar-refractivity contribution in [1.82, 2.24) is 15.2 Å². The standard InChI is InChI=1S/C19H21ClN4O/c20-15-4-1-3-14(11-15)18-13-23(17-5-2-8-22-12-17)19(25)24(18)16-6-9-21-10-7-16/h1-5,8,11-12,16,18,21H,6-7,9-10,13H2. The molecule has 2 amide bonds. The lowest BCUT2D eigenvalue weighted by molar-refractivity contribution is 0.158. The van der Waals surface area contributed by atoms with Gasteiger partial charge < -0.3 is 10.2 Å². The number of carbonyl (C=O) groups is 1. The zero-order valence-corrected chi connectivity index (χ0v) is 14.7. The molecule has 1 aromatic heterocycles. The maximum Gasteiger partial charge on any atom is 0.325 e. The molecule has 0 spiro atoms. The zero-order chi connectivity index (χ0) is 17.2. The predicted molar refractivity (Wildman–Crippen MR) is 98.9 cm³/mol. The van der Waals surface area contributed by atoms with Crippen molar-refractivity contribution in [3.8, 4) is 0 Å². The van der Waals surface area contributed by atoms with Gasteiger partial charge in [0.25, 0.3) is 0 Å². The van der Waals surface area contributed by atoms with Gasteiger partial charge in [-0.3, -0.25) is 9.88 Å². The lowest BCUT2D eigenvalue weighted by atomic mass is 10.00. The molecule has 1 N–H and O–H groups in total. The van der Waals surface area contributed by atoms with E-state index in [1.165, 1.54) is 0 Å². The minimum atomic E-state index is 0.00880. The molecule has 2 aliphatic rings. The Hall–Kier alpha value is -2.11. The molecule has 2 aliphatic heterocycles. The molecule has 2 aromatic rings. The molecule has 0 aliphatic carbocycles. The largest absolute Gasteiger partial charge is 0.325 e. The number of aromatic nitrogens is 1. The number of hydrogen-bond acceptors (Lipinski definition) is 3. The van der Waals surface area contributed by atoms with Crippen LogP contribution in [0.4, 0.5) is 10.5 Å². The normalized spacial score (nSPS) is 21.8. The van der Waals surface area contributed by atoms with Gasteiger partial charge in [-0.1, -0.05) is 23.7 Å². The number of hydrogen-bond donors (Lipinski definition) is 1. The first kappa shape index (κ1) is 16.4. The molecule has 3 heterocycles. The first-order valence-corrected chi connectivity index (χ1v) is 9.08. The Kier molecular flexibility index (Phi) is 4.59. The fourth-order valence-electron chi connectivity index (χ4n) is 3.82. The van der Waals surface area contributed by atoms with Crippen molar-refractivity contribution >= 4 is 23.3 Å².